The largest absolute Gasteiger partial charge is 0.356 e. The van der Waals surface area contributed by atoms with E-state index in [0.29, 0.717) is 24.8 Å². The summed E-state index contributed by atoms with van der Waals surface area (Å²) in [6, 6.07) is 9.08. The first-order valence-corrected chi connectivity index (χ1v) is 9.55. The van der Waals surface area contributed by atoms with Gasteiger partial charge in [0.2, 0.25) is 18.7 Å². The van der Waals surface area contributed by atoms with Crippen molar-refractivity contribution in [2.24, 2.45) is 0 Å². The van der Waals surface area contributed by atoms with Crippen LogP contribution < -0.4 is 15.5 Å². The molecule has 0 saturated heterocycles. The Balaban J connectivity index is 2.31. The Morgan fingerprint density at radius 3 is 2.50 bits per heavy atom. The molecule has 0 aromatic heterocycles. The van der Waals surface area contributed by atoms with Crippen molar-refractivity contribution >= 4 is 24.4 Å². The lowest BCUT2D eigenvalue weighted by Gasteiger charge is -2.21. The van der Waals surface area contributed by atoms with Crippen molar-refractivity contribution in [1.82, 2.24) is 10.6 Å². The number of benzene rings is 2. The highest BCUT2D eigenvalue weighted by Gasteiger charge is 2.20. The van der Waals surface area contributed by atoms with Gasteiger partial charge < -0.3 is 15.5 Å². The summed E-state index contributed by atoms with van der Waals surface area (Å²) in [4.78, 5) is 34.2. The van der Waals surface area contributed by atoms with Crippen molar-refractivity contribution in [3.63, 3.8) is 0 Å². The van der Waals surface area contributed by atoms with E-state index >= 15 is 0 Å². The molecule has 2 rings (SSSR count). The molecular weight excluding hydrogens is 392 g/mol. The van der Waals surface area contributed by atoms with Gasteiger partial charge >= 0.3 is 0 Å². The molecule has 0 aliphatic heterocycles. The number of halogens is 2. The Bertz CT molecular complexity index is 920. The van der Waals surface area contributed by atoms with Gasteiger partial charge in [-0.05, 0) is 49.6 Å². The van der Waals surface area contributed by atoms with Gasteiger partial charge in [0.25, 0.3) is 0 Å². The highest BCUT2D eigenvalue weighted by molar-refractivity contribution is 5.78. The van der Waals surface area contributed by atoms with Gasteiger partial charge in [-0.15, -0.1) is 0 Å². The Labute approximate surface area is 174 Å². The molecule has 0 bridgehead atoms. The van der Waals surface area contributed by atoms with E-state index in [1.54, 1.807) is 38.1 Å². The van der Waals surface area contributed by atoms with Crippen LogP contribution in [-0.4, -0.2) is 31.3 Å². The molecule has 0 aliphatic carbocycles. The van der Waals surface area contributed by atoms with Crippen LogP contribution in [0, 0.1) is 11.6 Å². The Morgan fingerprint density at radius 2 is 1.87 bits per heavy atom. The summed E-state index contributed by atoms with van der Waals surface area (Å²) < 4.78 is 29.6. The first kappa shape index (κ1) is 23.0. The van der Waals surface area contributed by atoms with Crippen molar-refractivity contribution in [2.45, 2.75) is 39.3 Å². The van der Waals surface area contributed by atoms with E-state index in [1.165, 1.54) is 19.1 Å². The van der Waals surface area contributed by atoms with Crippen molar-refractivity contribution in [2.75, 3.05) is 11.4 Å². The lowest BCUT2D eigenvalue weighted by molar-refractivity contribution is -0.119. The van der Waals surface area contributed by atoms with E-state index in [1.807, 2.05) is 0 Å². The molecule has 0 fully saturated rings. The second kappa shape index (κ2) is 10.5. The van der Waals surface area contributed by atoms with Gasteiger partial charge in [-0.1, -0.05) is 18.2 Å². The maximum Gasteiger partial charge on any atom is 0.217 e. The minimum Gasteiger partial charge on any atom is -0.356 e. The van der Waals surface area contributed by atoms with E-state index in [-0.39, 0.29) is 35.8 Å². The number of hydrogen-bond donors (Lipinski definition) is 2. The Hall–Kier alpha value is -3.29. The molecule has 0 heterocycles. The van der Waals surface area contributed by atoms with Crippen LogP contribution in [0.3, 0.4) is 0 Å². The molecule has 8 heteroatoms. The molecule has 0 radical (unpaired) electrons. The maximum atomic E-state index is 14.9. The molecule has 0 saturated carbocycles. The minimum atomic E-state index is -1.13. The third-order valence-electron chi connectivity index (χ3n) is 4.77. The number of anilines is 1. The normalized spacial score (nSPS) is 12.6. The predicted molar refractivity (Wildman–Crippen MR) is 111 cm³/mol. The molecule has 0 spiro atoms. The van der Waals surface area contributed by atoms with Crippen molar-refractivity contribution < 1.29 is 23.2 Å². The zero-order valence-electron chi connectivity index (χ0n) is 17.1. The monoisotopic (exact) mass is 417 g/mol. The van der Waals surface area contributed by atoms with Gasteiger partial charge in [0.05, 0.1) is 11.7 Å². The van der Waals surface area contributed by atoms with Gasteiger partial charge in [-0.2, -0.15) is 0 Å². The average molecular weight is 417 g/mol. The van der Waals surface area contributed by atoms with Gasteiger partial charge in [0.15, 0.2) is 11.6 Å². The van der Waals surface area contributed by atoms with Crippen LogP contribution in [-0.2, 0) is 14.4 Å². The lowest BCUT2D eigenvalue weighted by Crippen LogP contribution is -2.31. The van der Waals surface area contributed by atoms with E-state index in [2.05, 4.69) is 10.6 Å². The van der Waals surface area contributed by atoms with Crippen LogP contribution in [0.4, 0.5) is 14.5 Å². The molecule has 2 atom stereocenters. The van der Waals surface area contributed by atoms with Gasteiger partial charge in [-0.3, -0.25) is 14.4 Å². The zero-order valence-corrected chi connectivity index (χ0v) is 17.1. The lowest BCUT2D eigenvalue weighted by atomic mass is 9.99. The summed E-state index contributed by atoms with van der Waals surface area (Å²) in [7, 11) is 0. The van der Waals surface area contributed by atoms with E-state index in [9.17, 15) is 23.2 Å². The van der Waals surface area contributed by atoms with Gasteiger partial charge in [0, 0.05) is 25.1 Å². The topological polar surface area (TPSA) is 78.5 Å². The zero-order chi connectivity index (χ0) is 22.3. The number of amides is 3. The Kier molecular flexibility index (Phi) is 8.03. The quantitative estimate of drug-likeness (QED) is 0.582. The predicted octanol–water partition coefficient (Wildman–Crippen LogP) is 3.32. The number of nitrogens with zero attached hydrogens (tertiary/aromatic N) is 1. The minimum absolute atomic E-state index is 0.0509. The van der Waals surface area contributed by atoms with Crippen molar-refractivity contribution in [3.05, 3.63) is 53.6 Å². The first-order chi connectivity index (χ1) is 14.3. The second-order valence-corrected chi connectivity index (χ2v) is 7.08. The smallest absolute Gasteiger partial charge is 0.217 e. The molecule has 2 aromatic rings. The van der Waals surface area contributed by atoms with E-state index < -0.39 is 11.6 Å². The SMILES string of the molecule is CC(=O)NC(C)c1cccc(-c2ccc(N(C=O)CCC(C)NC=O)c(F)c2F)c1. The summed E-state index contributed by atoms with van der Waals surface area (Å²) in [5.74, 6) is -2.39. The number of rotatable bonds is 10. The molecule has 160 valence electrons. The Morgan fingerprint density at radius 1 is 1.13 bits per heavy atom. The summed E-state index contributed by atoms with van der Waals surface area (Å²) in [5.41, 5.74) is 1.08. The fourth-order valence-electron chi connectivity index (χ4n) is 3.11. The highest BCUT2D eigenvalue weighted by Crippen LogP contribution is 2.31. The van der Waals surface area contributed by atoms with Crippen LogP contribution in [0.5, 0.6) is 0 Å². The maximum absolute atomic E-state index is 14.9. The van der Waals surface area contributed by atoms with E-state index in [4.69, 9.17) is 0 Å². The molecule has 2 N–H and O–H groups in total. The molecule has 3 amide bonds. The number of nitrogens with one attached hydrogen (secondary N) is 2. The number of hydrogen-bond acceptors (Lipinski definition) is 3. The molecule has 2 aromatic carbocycles. The molecule has 30 heavy (non-hydrogen) atoms. The molecule has 0 aliphatic rings. The van der Waals surface area contributed by atoms with Crippen LogP contribution in [0.2, 0.25) is 0 Å². The highest BCUT2D eigenvalue weighted by atomic mass is 19.2. The molecule has 6 nitrogen and oxygen atoms in total. The second-order valence-electron chi connectivity index (χ2n) is 7.08. The third kappa shape index (κ3) is 5.62. The van der Waals surface area contributed by atoms with Gasteiger partial charge in [0.1, 0.15) is 0 Å². The number of carbonyl (C=O) groups excluding carboxylic acids is 3. The van der Waals surface area contributed by atoms with Crippen LogP contribution in [0.1, 0.15) is 38.8 Å². The summed E-state index contributed by atoms with van der Waals surface area (Å²) >= 11 is 0. The van der Waals surface area contributed by atoms with E-state index in [0.717, 1.165) is 10.5 Å². The third-order valence-corrected chi connectivity index (χ3v) is 4.77. The summed E-state index contributed by atoms with van der Waals surface area (Å²) in [6.45, 7) is 5.06. The number of carbonyl (C=O) groups is 3. The van der Waals surface area contributed by atoms with Crippen LogP contribution >= 0.6 is 0 Å². The van der Waals surface area contributed by atoms with Crippen LogP contribution in [0.25, 0.3) is 11.1 Å². The van der Waals surface area contributed by atoms with Crippen LogP contribution in [0.15, 0.2) is 36.4 Å². The summed E-state index contributed by atoms with van der Waals surface area (Å²) in [5, 5.41) is 5.29. The fourth-order valence-corrected chi connectivity index (χ4v) is 3.11. The molecule has 2 unspecified atom stereocenters. The standard InChI is InChI=1S/C22H25F2N3O3/c1-14(25-12-28)9-10-27(13-29)20-8-7-19(21(23)22(20)24)18-6-4-5-17(11-18)15(2)26-16(3)30/h4-8,11-15H,9-10H2,1-3H3,(H,25,28)(H,26,30). The first-order valence-electron chi connectivity index (χ1n) is 9.55. The fraction of sp³-hybridized carbons (Fsp3) is 0.318. The summed E-state index contributed by atoms with van der Waals surface area (Å²) in [6.07, 6.45) is 1.36. The average Bonchev–Trinajstić information content (AvgIpc) is 2.71. The van der Waals surface area contributed by atoms with Crippen molar-refractivity contribution in [1.29, 1.82) is 0 Å². The molecular formula is C22H25F2N3O3. The van der Waals surface area contributed by atoms with Crippen molar-refractivity contribution in [3.8, 4) is 11.1 Å². The van der Waals surface area contributed by atoms with Gasteiger partial charge in [-0.25, -0.2) is 8.78 Å².